The molecule has 144 valence electrons. The van der Waals surface area contributed by atoms with Crippen LogP contribution >= 0.6 is 0 Å². The largest absolute Gasteiger partial charge is 0.357 e. The minimum atomic E-state index is -0.175. The Morgan fingerprint density at radius 2 is 1.96 bits per heavy atom. The van der Waals surface area contributed by atoms with Gasteiger partial charge >= 0.3 is 0 Å². The SMILES string of the molecule is CCNC(=NCc1nccc2ccccc12)NCC1(c2cccc(F)c2)CC1. The fraction of sp³-hybridized carbons (Fsp3) is 0.304. The molecule has 0 radical (unpaired) electrons. The van der Waals surface area contributed by atoms with E-state index in [9.17, 15) is 4.39 Å². The van der Waals surface area contributed by atoms with E-state index in [0.29, 0.717) is 6.54 Å². The molecule has 0 saturated heterocycles. The van der Waals surface area contributed by atoms with Crippen LogP contribution in [0.3, 0.4) is 0 Å². The minimum absolute atomic E-state index is 0.00991. The Bertz CT molecular complexity index is 989. The maximum absolute atomic E-state index is 13.6. The van der Waals surface area contributed by atoms with E-state index in [1.165, 1.54) is 11.5 Å². The topological polar surface area (TPSA) is 49.3 Å². The highest BCUT2D eigenvalue weighted by molar-refractivity contribution is 5.85. The zero-order chi connectivity index (χ0) is 19.4. The summed E-state index contributed by atoms with van der Waals surface area (Å²) in [5.41, 5.74) is 2.03. The van der Waals surface area contributed by atoms with Gasteiger partial charge in [0.1, 0.15) is 5.82 Å². The van der Waals surface area contributed by atoms with Crippen molar-refractivity contribution in [3.8, 4) is 0 Å². The molecule has 1 aliphatic rings. The first-order valence-corrected chi connectivity index (χ1v) is 9.81. The molecule has 1 aromatic heterocycles. The van der Waals surface area contributed by atoms with E-state index in [-0.39, 0.29) is 11.2 Å². The Hall–Kier alpha value is -2.95. The molecule has 4 rings (SSSR count). The van der Waals surface area contributed by atoms with Gasteiger partial charge < -0.3 is 10.6 Å². The third-order valence-corrected chi connectivity index (χ3v) is 5.37. The van der Waals surface area contributed by atoms with Crippen LogP contribution in [0.1, 0.15) is 31.0 Å². The smallest absolute Gasteiger partial charge is 0.191 e. The van der Waals surface area contributed by atoms with Gasteiger partial charge in [0, 0.05) is 30.1 Å². The second-order valence-electron chi connectivity index (χ2n) is 7.32. The van der Waals surface area contributed by atoms with Gasteiger partial charge in [-0.2, -0.15) is 0 Å². The number of hydrogen-bond donors (Lipinski definition) is 2. The molecule has 2 aromatic carbocycles. The van der Waals surface area contributed by atoms with Gasteiger partial charge in [-0.15, -0.1) is 0 Å². The van der Waals surface area contributed by atoms with Crippen molar-refractivity contribution in [3.05, 3.63) is 77.9 Å². The fourth-order valence-electron chi connectivity index (χ4n) is 3.59. The Balaban J connectivity index is 1.48. The van der Waals surface area contributed by atoms with Gasteiger partial charge in [0.05, 0.1) is 12.2 Å². The zero-order valence-corrected chi connectivity index (χ0v) is 16.1. The number of aromatic nitrogens is 1. The number of benzene rings is 2. The molecule has 28 heavy (non-hydrogen) atoms. The molecule has 1 aliphatic carbocycles. The second kappa shape index (κ2) is 7.97. The molecular weight excluding hydrogens is 351 g/mol. The Labute approximate surface area is 164 Å². The van der Waals surface area contributed by atoms with E-state index in [1.807, 2.05) is 37.4 Å². The monoisotopic (exact) mass is 376 g/mol. The highest BCUT2D eigenvalue weighted by Crippen LogP contribution is 2.47. The maximum Gasteiger partial charge on any atom is 0.191 e. The minimum Gasteiger partial charge on any atom is -0.357 e. The summed E-state index contributed by atoms with van der Waals surface area (Å²) in [6.45, 7) is 4.07. The highest BCUT2D eigenvalue weighted by atomic mass is 19.1. The van der Waals surface area contributed by atoms with E-state index in [1.54, 1.807) is 12.1 Å². The molecule has 3 aromatic rings. The van der Waals surface area contributed by atoms with E-state index >= 15 is 0 Å². The zero-order valence-electron chi connectivity index (χ0n) is 16.1. The van der Waals surface area contributed by atoms with Gasteiger partial charge in [-0.3, -0.25) is 4.98 Å². The normalized spacial score (nSPS) is 15.4. The van der Waals surface area contributed by atoms with Gasteiger partial charge in [-0.1, -0.05) is 36.4 Å². The highest BCUT2D eigenvalue weighted by Gasteiger charge is 2.44. The standard InChI is InChI=1S/C23H25FN4/c1-2-25-22(27-15-21-20-9-4-3-6-17(20)10-13-26-21)28-16-23(11-12-23)18-7-5-8-19(24)14-18/h3-10,13-14H,2,11-12,15-16H2,1H3,(H2,25,27,28). The van der Waals surface area contributed by atoms with Crippen molar-refractivity contribution in [1.82, 2.24) is 15.6 Å². The van der Waals surface area contributed by atoms with Crippen molar-refractivity contribution in [1.29, 1.82) is 0 Å². The summed E-state index contributed by atoms with van der Waals surface area (Å²) in [7, 11) is 0. The summed E-state index contributed by atoms with van der Waals surface area (Å²) in [6.07, 6.45) is 3.96. The first kappa shape index (κ1) is 18.4. The number of nitrogens with zero attached hydrogens (tertiary/aromatic N) is 2. The van der Waals surface area contributed by atoms with Crippen LogP contribution in [0.2, 0.25) is 0 Å². The quantitative estimate of drug-likeness (QED) is 0.502. The van der Waals surface area contributed by atoms with E-state index in [4.69, 9.17) is 4.99 Å². The number of rotatable bonds is 6. The lowest BCUT2D eigenvalue weighted by Gasteiger charge is -2.19. The van der Waals surface area contributed by atoms with Crippen LogP contribution in [0.15, 0.2) is 65.8 Å². The Morgan fingerprint density at radius 3 is 2.75 bits per heavy atom. The lowest BCUT2D eigenvalue weighted by Crippen LogP contribution is -2.41. The average Bonchev–Trinajstić information content (AvgIpc) is 3.51. The van der Waals surface area contributed by atoms with Crippen LogP contribution in [0, 0.1) is 5.82 Å². The third kappa shape index (κ3) is 3.98. The van der Waals surface area contributed by atoms with Crippen LogP contribution in [0.4, 0.5) is 4.39 Å². The second-order valence-corrected chi connectivity index (χ2v) is 7.32. The van der Waals surface area contributed by atoms with Crippen LogP contribution in [-0.2, 0) is 12.0 Å². The predicted octanol–water partition coefficient (Wildman–Crippen LogP) is 4.16. The number of pyridine rings is 1. The van der Waals surface area contributed by atoms with Crippen molar-refractivity contribution < 1.29 is 4.39 Å². The Kier molecular flexibility index (Phi) is 5.24. The molecule has 0 atom stereocenters. The summed E-state index contributed by atoms with van der Waals surface area (Å²) in [5.74, 6) is 0.589. The van der Waals surface area contributed by atoms with Gasteiger partial charge in [0.25, 0.3) is 0 Å². The summed E-state index contributed by atoms with van der Waals surface area (Å²) >= 11 is 0. The van der Waals surface area contributed by atoms with Crippen molar-refractivity contribution in [2.24, 2.45) is 4.99 Å². The number of aliphatic imine (C=N–C) groups is 1. The summed E-state index contributed by atoms with van der Waals surface area (Å²) < 4.78 is 13.6. The molecule has 0 unspecified atom stereocenters. The molecule has 4 nitrogen and oxygen atoms in total. The molecular formula is C23H25FN4. The molecule has 0 amide bonds. The number of hydrogen-bond acceptors (Lipinski definition) is 2. The number of guanidine groups is 1. The van der Waals surface area contributed by atoms with Gasteiger partial charge in [0.15, 0.2) is 5.96 Å². The van der Waals surface area contributed by atoms with Gasteiger partial charge in [-0.25, -0.2) is 9.38 Å². The van der Waals surface area contributed by atoms with E-state index in [0.717, 1.165) is 48.5 Å². The molecule has 5 heteroatoms. The first-order valence-electron chi connectivity index (χ1n) is 9.81. The van der Waals surface area contributed by atoms with Gasteiger partial charge in [-0.05, 0) is 48.9 Å². The van der Waals surface area contributed by atoms with Crippen molar-refractivity contribution in [3.63, 3.8) is 0 Å². The van der Waals surface area contributed by atoms with Crippen molar-refractivity contribution in [2.75, 3.05) is 13.1 Å². The Morgan fingerprint density at radius 1 is 1.11 bits per heavy atom. The molecule has 1 fully saturated rings. The summed E-state index contributed by atoms with van der Waals surface area (Å²) in [5, 5.41) is 9.05. The number of nitrogens with one attached hydrogen (secondary N) is 2. The maximum atomic E-state index is 13.6. The average molecular weight is 376 g/mol. The summed E-state index contributed by atoms with van der Waals surface area (Å²) in [6, 6.07) is 17.2. The van der Waals surface area contributed by atoms with Crippen molar-refractivity contribution >= 4 is 16.7 Å². The van der Waals surface area contributed by atoms with Crippen LogP contribution in [0.25, 0.3) is 10.8 Å². The molecule has 0 bridgehead atoms. The third-order valence-electron chi connectivity index (χ3n) is 5.37. The first-order chi connectivity index (χ1) is 13.7. The fourth-order valence-corrected chi connectivity index (χ4v) is 3.59. The number of fused-ring (bicyclic) bond motifs is 1. The van der Waals surface area contributed by atoms with E-state index < -0.39 is 0 Å². The lowest BCUT2D eigenvalue weighted by atomic mass is 9.96. The van der Waals surface area contributed by atoms with Gasteiger partial charge in [0.2, 0.25) is 0 Å². The predicted molar refractivity (Wildman–Crippen MR) is 112 cm³/mol. The molecule has 1 heterocycles. The van der Waals surface area contributed by atoms with Crippen LogP contribution < -0.4 is 10.6 Å². The molecule has 0 aliphatic heterocycles. The van der Waals surface area contributed by atoms with Crippen molar-refractivity contribution in [2.45, 2.75) is 31.7 Å². The molecule has 1 saturated carbocycles. The lowest BCUT2D eigenvalue weighted by molar-refractivity contribution is 0.607. The molecule has 2 N–H and O–H groups in total. The summed E-state index contributed by atoms with van der Waals surface area (Å²) in [4.78, 5) is 9.25. The van der Waals surface area contributed by atoms with Crippen LogP contribution in [0.5, 0.6) is 0 Å². The van der Waals surface area contributed by atoms with Crippen LogP contribution in [-0.4, -0.2) is 24.0 Å². The number of halogens is 1. The molecule has 0 spiro atoms. The van der Waals surface area contributed by atoms with E-state index in [2.05, 4.69) is 27.8 Å².